The van der Waals surface area contributed by atoms with Gasteiger partial charge in [-0.3, -0.25) is 4.79 Å². The van der Waals surface area contributed by atoms with E-state index < -0.39 is 0 Å². The number of aromatic nitrogens is 1. The standard InChI is InChI=1S/C24H22ClN3O3/c1-16(17-9-5-4-6-10-17)19-13-21(25)24(27-14-19)31-15-18-11-7-8-12-20(18)22(28-30-3)23(29)26-2/h4-14H,1,15H2,2-3H3,(H,26,29)/b28-22+. The zero-order valence-corrected chi connectivity index (χ0v) is 18.0. The number of pyridine rings is 1. The highest BCUT2D eigenvalue weighted by molar-refractivity contribution is 6.45. The first-order valence-corrected chi connectivity index (χ1v) is 9.87. The van der Waals surface area contributed by atoms with E-state index in [2.05, 4.69) is 22.0 Å². The van der Waals surface area contributed by atoms with Crippen LogP contribution in [0.2, 0.25) is 5.02 Å². The van der Waals surface area contributed by atoms with Gasteiger partial charge in [0.1, 0.15) is 18.7 Å². The predicted octanol–water partition coefficient (Wildman–Crippen LogP) is 4.47. The van der Waals surface area contributed by atoms with Gasteiger partial charge in [-0.25, -0.2) is 4.98 Å². The van der Waals surface area contributed by atoms with Gasteiger partial charge < -0.3 is 14.9 Å². The molecule has 0 saturated heterocycles. The molecule has 158 valence electrons. The van der Waals surface area contributed by atoms with Gasteiger partial charge in [-0.15, -0.1) is 0 Å². The molecule has 0 aliphatic heterocycles. The number of likely N-dealkylation sites (N-methyl/N-ethyl adjacent to an activating group) is 1. The van der Waals surface area contributed by atoms with Crippen molar-refractivity contribution in [3.63, 3.8) is 0 Å². The van der Waals surface area contributed by atoms with Gasteiger partial charge in [0.2, 0.25) is 5.88 Å². The maximum atomic E-state index is 12.2. The van der Waals surface area contributed by atoms with E-state index in [9.17, 15) is 4.79 Å². The summed E-state index contributed by atoms with van der Waals surface area (Å²) in [6.45, 7) is 4.27. The van der Waals surface area contributed by atoms with E-state index in [-0.39, 0.29) is 24.1 Å². The van der Waals surface area contributed by atoms with Crippen LogP contribution < -0.4 is 10.1 Å². The molecule has 1 aromatic heterocycles. The summed E-state index contributed by atoms with van der Waals surface area (Å²) in [7, 11) is 2.91. The second-order valence-electron chi connectivity index (χ2n) is 6.50. The predicted molar refractivity (Wildman–Crippen MR) is 122 cm³/mol. The number of carbonyl (C=O) groups is 1. The zero-order chi connectivity index (χ0) is 22.2. The van der Waals surface area contributed by atoms with E-state index in [1.165, 1.54) is 14.2 Å². The summed E-state index contributed by atoms with van der Waals surface area (Å²) < 4.78 is 5.85. The lowest BCUT2D eigenvalue weighted by Gasteiger charge is -2.13. The monoisotopic (exact) mass is 435 g/mol. The fraction of sp³-hybridized carbons (Fsp3) is 0.125. The minimum absolute atomic E-state index is 0.140. The number of hydrogen-bond donors (Lipinski definition) is 1. The first-order valence-electron chi connectivity index (χ1n) is 9.49. The van der Waals surface area contributed by atoms with Crippen molar-refractivity contribution in [2.75, 3.05) is 14.2 Å². The molecular formula is C24H22ClN3O3. The third-order valence-corrected chi connectivity index (χ3v) is 4.81. The van der Waals surface area contributed by atoms with Gasteiger partial charge in [0.15, 0.2) is 5.71 Å². The lowest BCUT2D eigenvalue weighted by Crippen LogP contribution is -2.29. The average molecular weight is 436 g/mol. The molecule has 3 rings (SSSR count). The Morgan fingerprint density at radius 3 is 2.52 bits per heavy atom. The Bertz CT molecular complexity index is 1110. The smallest absolute Gasteiger partial charge is 0.273 e. The highest BCUT2D eigenvalue weighted by atomic mass is 35.5. The fourth-order valence-corrected chi connectivity index (χ4v) is 3.17. The van der Waals surface area contributed by atoms with Crippen LogP contribution in [0.15, 0.2) is 78.6 Å². The molecule has 0 unspecified atom stereocenters. The summed E-state index contributed by atoms with van der Waals surface area (Å²) in [5.41, 5.74) is 4.09. The molecule has 0 saturated carbocycles. The molecule has 0 spiro atoms. The van der Waals surface area contributed by atoms with E-state index in [1.54, 1.807) is 18.3 Å². The molecule has 31 heavy (non-hydrogen) atoms. The van der Waals surface area contributed by atoms with Gasteiger partial charge in [-0.2, -0.15) is 0 Å². The van der Waals surface area contributed by atoms with E-state index in [1.807, 2.05) is 48.5 Å². The zero-order valence-electron chi connectivity index (χ0n) is 17.3. The Morgan fingerprint density at radius 1 is 1.13 bits per heavy atom. The molecule has 2 aromatic carbocycles. The quantitative estimate of drug-likeness (QED) is 0.418. The molecule has 0 bridgehead atoms. The van der Waals surface area contributed by atoms with Gasteiger partial charge in [0, 0.05) is 24.4 Å². The number of carbonyl (C=O) groups excluding carboxylic acids is 1. The van der Waals surface area contributed by atoms with E-state index in [4.69, 9.17) is 21.2 Å². The molecule has 0 aliphatic carbocycles. The molecular weight excluding hydrogens is 414 g/mol. The maximum absolute atomic E-state index is 12.2. The molecule has 0 atom stereocenters. The van der Waals surface area contributed by atoms with Gasteiger partial charge in [0.25, 0.3) is 5.91 Å². The van der Waals surface area contributed by atoms with E-state index in [0.29, 0.717) is 10.6 Å². The summed E-state index contributed by atoms with van der Waals surface area (Å²) in [5.74, 6) is -0.0829. The van der Waals surface area contributed by atoms with Crippen molar-refractivity contribution < 1.29 is 14.4 Å². The SMILES string of the molecule is C=C(c1ccccc1)c1cnc(OCc2ccccc2/C(=N\OC)C(=O)NC)c(Cl)c1. The molecule has 1 amide bonds. The van der Waals surface area contributed by atoms with Gasteiger partial charge in [0.05, 0.1) is 0 Å². The van der Waals surface area contributed by atoms with Crippen molar-refractivity contribution in [1.29, 1.82) is 0 Å². The van der Waals surface area contributed by atoms with Crippen LogP contribution in [0, 0.1) is 0 Å². The molecule has 7 heteroatoms. The number of oxime groups is 1. The number of benzene rings is 2. The number of nitrogens with one attached hydrogen (secondary N) is 1. The number of ether oxygens (including phenoxy) is 1. The van der Waals surface area contributed by atoms with E-state index >= 15 is 0 Å². The molecule has 1 N–H and O–H groups in total. The topological polar surface area (TPSA) is 72.8 Å². The lowest BCUT2D eigenvalue weighted by atomic mass is 10.0. The van der Waals surface area contributed by atoms with Crippen LogP contribution in [0.5, 0.6) is 5.88 Å². The molecule has 0 fully saturated rings. The Morgan fingerprint density at radius 2 is 1.84 bits per heavy atom. The minimum atomic E-state index is -0.366. The summed E-state index contributed by atoms with van der Waals surface area (Å²) >= 11 is 6.42. The largest absolute Gasteiger partial charge is 0.472 e. The number of halogens is 1. The second kappa shape index (κ2) is 10.4. The molecule has 3 aromatic rings. The molecule has 6 nitrogen and oxygen atoms in total. The van der Waals surface area contributed by atoms with Crippen molar-refractivity contribution >= 4 is 28.8 Å². The van der Waals surface area contributed by atoms with Crippen molar-refractivity contribution in [3.8, 4) is 5.88 Å². The van der Waals surface area contributed by atoms with Crippen LogP contribution >= 0.6 is 11.6 Å². The average Bonchev–Trinajstić information content (AvgIpc) is 2.81. The van der Waals surface area contributed by atoms with Crippen LogP contribution in [0.3, 0.4) is 0 Å². The summed E-state index contributed by atoms with van der Waals surface area (Å²) in [6, 6.07) is 18.8. The Kier molecular flexibility index (Phi) is 7.40. The number of hydrogen-bond acceptors (Lipinski definition) is 5. The van der Waals surface area contributed by atoms with E-state index in [0.717, 1.165) is 22.3 Å². The van der Waals surface area contributed by atoms with Crippen molar-refractivity contribution in [2.24, 2.45) is 5.16 Å². The normalized spacial score (nSPS) is 11.0. The van der Waals surface area contributed by atoms with Gasteiger partial charge in [-0.1, -0.05) is 77.9 Å². The minimum Gasteiger partial charge on any atom is -0.472 e. The van der Waals surface area contributed by atoms with Gasteiger partial charge >= 0.3 is 0 Å². The van der Waals surface area contributed by atoms with Crippen LogP contribution in [-0.2, 0) is 16.2 Å². The van der Waals surface area contributed by atoms with Crippen molar-refractivity contribution in [3.05, 3.63) is 101 Å². The molecule has 0 aliphatic rings. The van der Waals surface area contributed by atoms with Crippen LogP contribution in [0.1, 0.15) is 22.3 Å². The fourth-order valence-electron chi connectivity index (χ4n) is 2.95. The molecule has 1 heterocycles. The maximum Gasteiger partial charge on any atom is 0.273 e. The Balaban J connectivity index is 1.80. The molecule has 0 radical (unpaired) electrons. The van der Waals surface area contributed by atoms with Crippen LogP contribution in [-0.4, -0.2) is 30.8 Å². The first-order chi connectivity index (χ1) is 15.0. The highest BCUT2D eigenvalue weighted by Gasteiger charge is 2.18. The first kappa shape index (κ1) is 22.1. The van der Waals surface area contributed by atoms with Crippen LogP contribution in [0.4, 0.5) is 0 Å². The highest BCUT2D eigenvalue weighted by Crippen LogP contribution is 2.29. The Hall–Kier alpha value is -3.64. The summed E-state index contributed by atoms with van der Waals surface area (Å²) in [4.78, 5) is 21.4. The summed E-state index contributed by atoms with van der Waals surface area (Å²) in [6.07, 6.45) is 1.67. The Labute approximate surface area is 186 Å². The third-order valence-electron chi connectivity index (χ3n) is 4.54. The van der Waals surface area contributed by atoms with Crippen molar-refractivity contribution in [1.82, 2.24) is 10.3 Å². The second-order valence-corrected chi connectivity index (χ2v) is 6.91. The lowest BCUT2D eigenvalue weighted by molar-refractivity contribution is -0.114. The van der Waals surface area contributed by atoms with Crippen LogP contribution in [0.25, 0.3) is 5.57 Å². The number of amides is 1. The summed E-state index contributed by atoms with van der Waals surface area (Å²) in [5, 5.41) is 6.78. The van der Waals surface area contributed by atoms with Gasteiger partial charge in [-0.05, 0) is 22.8 Å². The van der Waals surface area contributed by atoms with Crippen molar-refractivity contribution in [2.45, 2.75) is 6.61 Å². The number of rotatable bonds is 8. The number of nitrogens with zero attached hydrogens (tertiary/aromatic N) is 2. The third kappa shape index (κ3) is 5.29.